The molecule has 192 valence electrons. The van der Waals surface area contributed by atoms with E-state index in [-0.39, 0.29) is 17.1 Å². The Morgan fingerprint density at radius 3 is 2.41 bits per heavy atom. The van der Waals surface area contributed by atoms with Gasteiger partial charge in [-0.25, -0.2) is 18.3 Å². The summed E-state index contributed by atoms with van der Waals surface area (Å²) in [5, 5.41) is 30.8. The fraction of sp³-hybridized carbons (Fsp3) is 0.583. The van der Waals surface area contributed by atoms with Crippen LogP contribution in [-0.4, -0.2) is 76.6 Å². The van der Waals surface area contributed by atoms with Crippen LogP contribution in [0.4, 0.5) is 5.95 Å². The maximum absolute atomic E-state index is 12.4. The molecule has 2 aromatic heterocycles. The molecule has 3 heterocycles. The van der Waals surface area contributed by atoms with Gasteiger partial charge in [0.2, 0.25) is 18.5 Å². The van der Waals surface area contributed by atoms with Crippen LogP contribution < -0.4 is 10.3 Å². The summed E-state index contributed by atoms with van der Waals surface area (Å²) >= 11 is 0. The minimum atomic E-state index is -5.62. The maximum Gasteiger partial charge on any atom is 0.490 e. The van der Waals surface area contributed by atoms with Gasteiger partial charge in [0.05, 0.1) is 13.7 Å². The Morgan fingerprint density at radius 1 is 1.18 bits per heavy atom. The van der Waals surface area contributed by atoms with Crippen molar-refractivity contribution in [3.05, 3.63) is 6.33 Å². The molecule has 1 fully saturated rings. The first kappa shape index (κ1) is 27.0. The van der Waals surface area contributed by atoms with Crippen LogP contribution in [-0.2, 0) is 43.1 Å². The topological polar surface area (TPSA) is 279 Å². The molecule has 1 saturated heterocycles. The number of aromatic nitrogens is 4. The molecule has 0 spiro atoms. The Labute approximate surface area is 189 Å². The number of hydrogen-bond donors (Lipinski definition) is 7. The monoisotopic (exact) mass is 552 g/mol. The van der Waals surface area contributed by atoms with Gasteiger partial charge in [-0.2, -0.15) is 23.2 Å². The molecule has 0 saturated carbocycles. The van der Waals surface area contributed by atoms with Gasteiger partial charge in [-0.15, -0.1) is 0 Å². The number of ether oxygens (including phenoxy) is 1. The molecule has 0 bridgehead atoms. The zero-order valence-electron chi connectivity index (χ0n) is 17.3. The van der Waals surface area contributed by atoms with Crippen molar-refractivity contribution in [2.75, 3.05) is 19.5 Å². The van der Waals surface area contributed by atoms with Crippen LogP contribution in [0.1, 0.15) is 6.23 Å². The second kappa shape index (κ2) is 9.48. The number of nitrogens with zero attached hydrogens (tertiary/aromatic N) is 4. The highest BCUT2D eigenvalue weighted by Crippen LogP contribution is 2.68. The van der Waals surface area contributed by atoms with Gasteiger partial charge in [0, 0.05) is 7.11 Å². The first-order valence-corrected chi connectivity index (χ1v) is 13.4. The number of hydrogen-bond acceptors (Lipinski definition) is 14. The minimum absolute atomic E-state index is 0.0343. The van der Waals surface area contributed by atoms with E-state index in [9.17, 15) is 33.9 Å². The molecule has 19 nitrogen and oxygen atoms in total. The van der Waals surface area contributed by atoms with Crippen molar-refractivity contribution in [2.24, 2.45) is 7.05 Å². The quantitative estimate of drug-likeness (QED) is 0.133. The lowest BCUT2D eigenvalue weighted by molar-refractivity contribution is -0.646. The number of rotatable bonds is 9. The molecule has 0 aliphatic carbocycles. The molecule has 8 N–H and O–H groups in total. The van der Waals surface area contributed by atoms with Crippen LogP contribution in [0.15, 0.2) is 6.33 Å². The van der Waals surface area contributed by atoms with Crippen molar-refractivity contribution in [3.63, 3.8) is 0 Å². The highest BCUT2D eigenvalue weighted by molar-refractivity contribution is 7.66. The number of phosphoric acid groups is 3. The lowest BCUT2D eigenvalue weighted by Gasteiger charge is -2.21. The van der Waals surface area contributed by atoms with Gasteiger partial charge < -0.3 is 40.5 Å². The van der Waals surface area contributed by atoms with Crippen molar-refractivity contribution < 1.29 is 70.7 Å². The highest BCUT2D eigenvalue weighted by atomic mass is 31.3. The fourth-order valence-corrected chi connectivity index (χ4v) is 6.44. The third-order valence-corrected chi connectivity index (χ3v) is 8.62. The standard InChI is InChI=1S/C12H20N5O14P3/c1-16-4-17(9-6(16)10(20)15-12(13)14-9)11-8(19)7(18)5(29-11)3-28-34(26,27-2)31-33(24,25)30-32(21,22)23/h4-5,7-8,11,18-19H,3H2,1-2H3,(H5-,13,14,15,20,21,22,23,24,25)/p+1/t5-,7?,8+,11-,34?/m1/s1. The Balaban J connectivity index is 1.78. The van der Waals surface area contributed by atoms with E-state index in [1.807, 2.05) is 0 Å². The minimum Gasteiger partial charge on any atom is -0.490 e. The van der Waals surface area contributed by atoms with E-state index in [0.717, 1.165) is 7.11 Å². The van der Waals surface area contributed by atoms with E-state index >= 15 is 0 Å². The smallest absolute Gasteiger partial charge is 0.490 e. The molecule has 3 unspecified atom stereocenters. The van der Waals surface area contributed by atoms with Crippen LogP contribution in [0.2, 0.25) is 0 Å². The van der Waals surface area contributed by atoms with E-state index < -0.39 is 60.5 Å². The van der Waals surface area contributed by atoms with Crippen molar-refractivity contribution >= 4 is 40.6 Å². The Hall–Kier alpha value is -1.56. The van der Waals surface area contributed by atoms with Crippen molar-refractivity contribution in [3.8, 4) is 5.88 Å². The van der Waals surface area contributed by atoms with Gasteiger partial charge in [-0.3, -0.25) is 9.05 Å². The number of aryl methyl sites for hydroxylation is 1. The molecule has 6 atom stereocenters. The predicted molar refractivity (Wildman–Crippen MR) is 105 cm³/mol. The molecule has 2 aromatic rings. The summed E-state index contributed by atoms with van der Waals surface area (Å²) in [6.45, 7) is -0.858. The van der Waals surface area contributed by atoms with Crippen LogP contribution in [0.5, 0.6) is 5.88 Å². The number of imidazole rings is 1. The second-order valence-electron chi connectivity index (χ2n) is 6.81. The normalized spacial score (nSPS) is 27.0. The van der Waals surface area contributed by atoms with Gasteiger partial charge in [0.15, 0.2) is 0 Å². The highest BCUT2D eigenvalue weighted by Gasteiger charge is 2.49. The van der Waals surface area contributed by atoms with Crippen molar-refractivity contribution in [1.29, 1.82) is 0 Å². The first-order valence-electron chi connectivity index (χ1n) is 8.91. The summed E-state index contributed by atoms with van der Waals surface area (Å²) in [5.41, 5.74) is 5.71. The van der Waals surface area contributed by atoms with Crippen LogP contribution in [0.25, 0.3) is 11.2 Å². The van der Waals surface area contributed by atoms with Crippen LogP contribution in [0, 0.1) is 0 Å². The van der Waals surface area contributed by atoms with E-state index in [2.05, 4.69) is 23.1 Å². The molecule has 0 radical (unpaired) electrons. The zero-order valence-corrected chi connectivity index (χ0v) is 19.9. The summed E-state index contributed by atoms with van der Waals surface area (Å²) < 4.78 is 59.8. The van der Waals surface area contributed by atoms with E-state index in [1.165, 1.54) is 22.5 Å². The molecule has 3 rings (SSSR count). The zero-order chi connectivity index (χ0) is 25.6. The Bertz CT molecular complexity index is 1220. The van der Waals surface area contributed by atoms with Gasteiger partial charge in [0.1, 0.15) is 18.3 Å². The van der Waals surface area contributed by atoms with Crippen molar-refractivity contribution in [2.45, 2.75) is 24.5 Å². The van der Waals surface area contributed by atoms with Crippen LogP contribution >= 0.6 is 23.5 Å². The van der Waals surface area contributed by atoms with Gasteiger partial charge in [0.25, 0.3) is 17.0 Å². The summed E-state index contributed by atoms with van der Waals surface area (Å²) in [4.78, 5) is 34.2. The average molecular weight is 552 g/mol. The largest absolute Gasteiger partial charge is 0.490 e. The molecule has 1 aliphatic rings. The molecule has 0 aromatic carbocycles. The number of nitrogen functional groups attached to an aromatic ring is 1. The van der Waals surface area contributed by atoms with E-state index in [4.69, 9.17) is 24.8 Å². The number of aromatic hydroxyl groups is 1. The third kappa shape index (κ3) is 5.80. The summed E-state index contributed by atoms with van der Waals surface area (Å²) in [7, 11) is -13.9. The van der Waals surface area contributed by atoms with E-state index in [0.29, 0.717) is 0 Å². The Morgan fingerprint density at radius 2 is 1.82 bits per heavy atom. The van der Waals surface area contributed by atoms with Crippen molar-refractivity contribution in [1.82, 2.24) is 14.5 Å². The number of phosphoric ester groups is 1. The molecule has 0 amide bonds. The Kier molecular flexibility index (Phi) is 7.54. The molecular weight excluding hydrogens is 531 g/mol. The predicted octanol–water partition coefficient (Wildman–Crippen LogP) is -1.84. The average Bonchev–Trinajstić information content (AvgIpc) is 3.14. The van der Waals surface area contributed by atoms with Crippen LogP contribution in [0.3, 0.4) is 0 Å². The number of fused-ring (bicyclic) bond motifs is 1. The summed E-state index contributed by atoms with van der Waals surface area (Å²) in [6.07, 6.45) is -4.69. The molecule has 34 heavy (non-hydrogen) atoms. The fourth-order valence-electron chi connectivity index (χ4n) is 3.08. The van der Waals surface area contributed by atoms with E-state index in [1.54, 1.807) is 0 Å². The third-order valence-electron chi connectivity index (χ3n) is 4.40. The number of nitrogens with two attached hydrogens (primary N) is 1. The summed E-state index contributed by atoms with van der Waals surface area (Å²) in [6, 6.07) is 0. The number of aliphatic hydroxyl groups is 2. The first-order chi connectivity index (χ1) is 15.6. The maximum atomic E-state index is 12.4. The summed E-state index contributed by atoms with van der Waals surface area (Å²) in [5.74, 6) is -0.747. The molecule has 22 heteroatoms. The lowest BCUT2D eigenvalue weighted by atomic mass is 10.1. The lowest BCUT2D eigenvalue weighted by Crippen LogP contribution is -2.34. The number of aliphatic hydroxyl groups excluding tert-OH is 2. The van der Waals surface area contributed by atoms with Gasteiger partial charge >= 0.3 is 23.5 Å². The molecule has 1 aliphatic heterocycles. The van der Waals surface area contributed by atoms with Gasteiger partial charge in [-0.05, 0) is 0 Å². The van der Waals surface area contributed by atoms with Gasteiger partial charge in [-0.1, -0.05) is 0 Å². The SMILES string of the molecule is COP(=O)(OC[C@H]1O[C@@H](n2c[n+](C)c3c(O)nc(N)nc32)[C@@H](O)C1O)OP(=O)(O)OP(=O)(O)O. The second-order valence-corrected chi connectivity index (χ2v) is 11.5. The number of anilines is 1. The molecular formula is C12H21N5O14P3+.